The lowest BCUT2D eigenvalue weighted by Gasteiger charge is -2.12. The number of carbonyl (C=O) groups excluding carboxylic acids is 1. The summed E-state index contributed by atoms with van der Waals surface area (Å²) >= 11 is 1.11. The number of nitrogens with two attached hydrogens (primary N) is 1. The predicted molar refractivity (Wildman–Crippen MR) is 74.3 cm³/mol. The highest BCUT2D eigenvalue weighted by Gasteiger charge is 2.16. The van der Waals surface area contributed by atoms with E-state index in [0.717, 1.165) is 18.0 Å². The van der Waals surface area contributed by atoms with Crippen molar-refractivity contribution < 1.29 is 14.3 Å². The number of aromatic nitrogens is 2. The summed E-state index contributed by atoms with van der Waals surface area (Å²) in [7, 11) is 0. The summed E-state index contributed by atoms with van der Waals surface area (Å²) in [4.78, 5) is 11.9. The predicted octanol–water partition coefficient (Wildman–Crippen LogP) is 1.53. The Kier molecular flexibility index (Phi) is 3.38. The average molecular weight is 292 g/mol. The second-order valence-corrected chi connectivity index (χ2v) is 4.79. The number of benzene rings is 1. The van der Waals surface area contributed by atoms with Gasteiger partial charge in [0.2, 0.25) is 0 Å². The van der Waals surface area contributed by atoms with Gasteiger partial charge in [-0.2, -0.15) is 0 Å². The van der Waals surface area contributed by atoms with E-state index in [9.17, 15) is 4.79 Å². The van der Waals surface area contributed by atoms with Crippen molar-refractivity contribution in [3.63, 3.8) is 0 Å². The van der Waals surface area contributed by atoms with E-state index in [1.54, 1.807) is 17.5 Å². The topological polar surface area (TPSA) is 99.4 Å². The van der Waals surface area contributed by atoms with Crippen LogP contribution < -0.4 is 20.5 Å². The molecule has 0 spiro atoms. The molecule has 8 heteroatoms. The monoisotopic (exact) mass is 292 g/mol. The van der Waals surface area contributed by atoms with Crippen molar-refractivity contribution in [2.75, 3.05) is 24.3 Å². The summed E-state index contributed by atoms with van der Waals surface area (Å²) in [5.74, 6) is 0.802. The Morgan fingerprint density at radius 2 is 2.05 bits per heavy atom. The van der Waals surface area contributed by atoms with Gasteiger partial charge in [-0.05, 0) is 11.5 Å². The highest BCUT2D eigenvalue weighted by molar-refractivity contribution is 7.03. The van der Waals surface area contributed by atoms with Crippen LogP contribution in [0.25, 0.3) is 0 Å². The van der Waals surface area contributed by atoms with Crippen LogP contribution in [-0.2, 0) is 0 Å². The summed E-state index contributed by atoms with van der Waals surface area (Å²) in [5, 5.41) is 7.96. The zero-order chi connectivity index (χ0) is 13.9. The van der Waals surface area contributed by atoms with Crippen LogP contribution in [0.4, 0.5) is 11.4 Å². The third-order valence-electron chi connectivity index (χ3n) is 2.76. The average Bonchev–Trinajstić information content (AvgIpc) is 2.88. The highest BCUT2D eigenvalue weighted by Crippen LogP contribution is 2.36. The second kappa shape index (κ2) is 5.33. The Labute approximate surface area is 118 Å². The maximum Gasteiger partial charge on any atom is 0.277 e. The molecule has 2 aromatic rings. The molecule has 0 aliphatic carbocycles. The molecule has 0 saturated carbocycles. The third kappa shape index (κ3) is 2.50. The van der Waals surface area contributed by atoms with Crippen LogP contribution in [-0.4, -0.2) is 28.7 Å². The molecule has 7 nitrogen and oxygen atoms in total. The van der Waals surface area contributed by atoms with Crippen LogP contribution in [0.3, 0.4) is 0 Å². The van der Waals surface area contributed by atoms with Gasteiger partial charge in [0, 0.05) is 23.9 Å². The number of anilines is 2. The van der Waals surface area contributed by atoms with Gasteiger partial charge in [-0.25, -0.2) is 0 Å². The Morgan fingerprint density at radius 3 is 2.75 bits per heavy atom. The van der Waals surface area contributed by atoms with Crippen molar-refractivity contribution in [2.24, 2.45) is 0 Å². The molecule has 1 aliphatic rings. The van der Waals surface area contributed by atoms with Crippen molar-refractivity contribution in [3.8, 4) is 11.5 Å². The summed E-state index contributed by atoms with van der Waals surface area (Å²) in [6, 6.07) is 3.31. The third-order valence-corrected chi connectivity index (χ3v) is 3.27. The molecule has 0 unspecified atom stereocenters. The number of ether oxygens (including phenoxy) is 2. The number of hydrogen-bond donors (Lipinski definition) is 2. The van der Waals surface area contributed by atoms with E-state index in [1.807, 2.05) is 0 Å². The van der Waals surface area contributed by atoms with E-state index in [-0.39, 0.29) is 11.6 Å². The van der Waals surface area contributed by atoms with Crippen molar-refractivity contribution in [3.05, 3.63) is 23.2 Å². The number of carbonyl (C=O) groups is 1. The van der Waals surface area contributed by atoms with E-state index in [0.29, 0.717) is 36.1 Å². The van der Waals surface area contributed by atoms with Crippen LogP contribution in [0.2, 0.25) is 0 Å². The molecule has 0 saturated heterocycles. The molecule has 104 valence electrons. The smallest absolute Gasteiger partial charge is 0.277 e. The Hall–Kier alpha value is -2.35. The molecular weight excluding hydrogens is 280 g/mol. The van der Waals surface area contributed by atoms with Crippen molar-refractivity contribution in [1.29, 1.82) is 0 Å². The van der Waals surface area contributed by atoms with Gasteiger partial charge in [0.25, 0.3) is 5.91 Å². The summed E-state index contributed by atoms with van der Waals surface area (Å²) < 4.78 is 14.7. The SMILES string of the molecule is Nc1cc2c(cc1NC(=O)c1csnn1)OCCCO2. The Morgan fingerprint density at radius 1 is 1.30 bits per heavy atom. The molecule has 3 N–H and O–H groups in total. The molecule has 0 bridgehead atoms. The first-order chi connectivity index (χ1) is 9.74. The number of hydrogen-bond acceptors (Lipinski definition) is 7. The van der Waals surface area contributed by atoms with E-state index in [1.165, 1.54) is 0 Å². The maximum absolute atomic E-state index is 11.9. The zero-order valence-electron chi connectivity index (χ0n) is 10.5. The first-order valence-corrected chi connectivity index (χ1v) is 6.85. The molecule has 1 aromatic carbocycles. The summed E-state index contributed by atoms with van der Waals surface area (Å²) in [5.41, 5.74) is 7.04. The quantitative estimate of drug-likeness (QED) is 0.814. The van der Waals surface area contributed by atoms with Gasteiger partial charge in [-0.3, -0.25) is 4.79 Å². The lowest BCUT2D eigenvalue weighted by molar-refractivity contribution is 0.102. The number of nitrogens with zero attached hydrogens (tertiary/aromatic N) is 2. The minimum Gasteiger partial charge on any atom is -0.489 e. The van der Waals surface area contributed by atoms with Crippen LogP contribution in [0.5, 0.6) is 11.5 Å². The molecule has 0 fully saturated rings. The molecule has 0 radical (unpaired) electrons. The number of nitrogens with one attached hydrogen (secondary N) is 1. The Bertz CT molecular complexity index is 630. The molecule has 3 rings (SSSR count). The van der Waals surface area contributed by atoms with Crippen molar-refractivity contribution in [1.82, 2.24) is 9.59 Å². The minimum absolute atomic E-state index is 0.251. The Balaban J connectivity index is 1.86. The van der Waals surface area contributed by atoms with Gasteiger partial charge in [0.1, 0.15) is 0 Å². The van der Waals surface area contributed by atoms with E-state index < -0.39 is 0 Å². The van der Waals surface area contributed by atoms with Crippen molar-refractivity contribution >= 4 is 28.8 Å². The van der Waals surface area contributed by atoms with Gasteiger partial charge < -0.3 is 20.5 Å². The number of amides is 1. The number of nitrogen functional groups attached to an aromatic ring is 1. The van der Waals surface area contributed by atoms with Crippen molar-refractivity contribution in [2.45, 2.75) is 6.42 Å². The van der Waals surface area contributed by atoms with Gasteiger partial charge in [-0.15, -0.1) is 5.10 Å². The molecular formula is C12H12N4O3S. The first kappa shape index (κ1) is 12.7. The minimum atomic E-state index is -0.361. The molecule has 2 heterocycles. The fourth-order valence-corrected chi connectivity index (χ4v) is 2.22. The fraction of sp³-hybridized carbons (Fsp3) is 0.250. The first-order valence-electron chi connectivity index (χ1n) is 6.01. The van der Waals surface area contributed by atoms with Crippen LogP contribution in [0.1, 0.15) is 16.9 Å². The van der Waals surface area contributed by atoms with Crippen LogP contribution >= 0.6 is 11.5 Å². The fourth-order valence-electron chi connectivity index (χ4n) is 1.78. The molecule has 1 amide bonds. The van der Waals surface area contributed by atoms with Gasteiger partial charge in [0.15, 0.2) is 17.2 Å². The normalized spacial score (nSPS) is 13.6. The van der Waals surface area contributed by atoms with E-state index in [4.69, 9.17) is 15.2 Å². The summed E-state index contributed by atoms with van der Waals surface area (Å²) in [6.07, 6.45) is 0.806. The molecule has 20 heavy (non-hydrogen) atoms. The van der Waals surface area contributed by atoms with Gasteiger partial charge >= 0.3 is 0 Å². The van der Waals surface area contributed by atoms with Gasteiger partial charge in [0.05, 0.1) is 24.6 Å². The molecule has 1 aromatic heterocycles. The molecule has 1 aliphatic heterocycles. The van der Waals surface area contributed by atoms with Crippen LogP contribution in [0.15, 0.2) is 17.5 Å². The standard InChI is InChI=1S/C12H12N4O3S/c13-7-4-10-11(19-3-1-2-18-10)5-8(7)14-12(17)9-6-20-16-15-9/h4-6H,1-3,13H2,(H,14,17). The van der Waals surface area contributed by atoms with E-state index in [2.05, 4.69) is 14.9 Å². The lowest BCUT2D eigenvalue weighted by atomic mass is 10.2. The largest absolute Gasteiger partial charge is 0.489 e. The second-order valence-electron chi connectivity index (χ2n) is 4.18. The maximum atomic E-state index is 11.9. The molecule has 0 atom stereocenters. The van der Waals surface area contributed by atoms with E-state index >= 15 is 0 Å². The zero-order valence-corrected chi connectivity index (χ0v) is 11.3. The highest BCUT2D eigenvalue weighted by atomic mass is 32.1. The summed E-state index contributed by atoms with van der Waals surface area (Å²) in [6.45, 7) is 1.16. The lowest BCUT2D eigenvalue weighted by Crippen LogP contribution is -2.14. The number of rotatable bonds is 2. The van der Waals surface area contributed by atoms with Crippen LogP contribution in [0, 0.1) is 0 Å². The van der Waals surface area contributed by atoms with Gasteiger partial charge in [-0.1, -0.05) is 4.49 Å². The number of fused-ring (bicyclic) bond motifs is 1.